The zero-order valence-corrected chi connectivity index (χ0v) is 13.1. The third-order valence-electron chi connectivity index (χ3n) is 3.11. The number of benzene rings is 1. The Bertz CT molecular complexity index is 395. The third kappa shape index (κ3) is 6.21. The molecule has 0 saturated carbocycles. The van der Waals surface area contributed by atoms with Gasteiger partial charge in [-0.05, 0) is 37.9 Å². The van der Waals surface area contributed by atoms with Crippen LogP contribution in [-0.2, 0) is 4.79 Å². The number of hydrogen-bond donors (Lipinski definition) is 2. The first-order valence-electron chi connectivity index (χ1n) is 6.89. The highest BCUT2D eigenvalue weighted by molar-refractivity contribution is 9.10. The maximum Gasteiger partial charge on any atom is 0.220 e. The Kier molecular flexibility index (Phi) is 7.75. The molecule has 1 aromatic rings. The van der Waals surface area contributed by atoms with Gasteiger partial charge in [-0.3, -0.25) is 4.79 Å². The van der Waals surface area contributed by atoms with Gasteiger partial charge >= 0.3 is 0 Å². The molecular weight excluding hydrogens is 304 g/mol. The summed E-state index contributed by atoms with van der Waals surface area (Å²) in [6, 6.07) is 8.00. The van der Waals surface area contributed by atoms with Gasteiger partial charge in [0.15, 0.2) is 0 Å². The molecule has 0 saturated heterocycles. The predicted molar refractivity (Wildman–Crippen MR) is 82.8 cm³/mol. The molecule has 4 heteroatoms. The van der Waals surface area contributed by atoms with Crippen LogP contribution < -0.4 is 11.1 Å². The molecule has 0 aromatic heterocycles. The van der Waals surface area contributed by atoms with Crippen molar-refractivity contribution in [2.75, 3.05) is 6.54 Å². The smallest absolute Gasteiger partial charge is 0.220 e. The number of hydrogen-bond acceptors (Lipinski definition) is 2. The number of nitrogens with two attached hydrogens (primary N) is 1. The van der Waals surface area contributed by atoms with Crippen molar-refractivity contribution in [1.82, 2.24) is 5.32 Å². The van der Waals surface area contributed by atoms with E-state index in [0.717, 1.165) is 42.3 Å². The molecule has 1 rings (SSSR count). The lowest BCUT2D eigenvalue weighted by molar-refractivity contribution is -0.121. The Hall–Kier alpha value is -0.870. The number of halogens is 1. The summed E-state index contributed by atoms with van der Waals surface area (Å²) in [5.41, 5.74) is 6.54. The van der Waals surface area contributed by atoms with Gasteiger partial charge in [0.1, 0.15) is 0 Å². The number of carbonyl (C=O) groups is 1. The first kappa shape index (κ1) is 16.2. The molecule has 0 aliphatic rings. The molecule has 0 heterocycles. The van der Waals surface area contributed by atoms with Crippen LogP contribution in [0.4, 0.5) is 0 Å². The summed E-state index contributed by atoms with van der Waals surface area (Å²) in [6.45, 7) is 2.75. The lowest BCUT2D eigenvalue weighted by Crippen LogP contribution is -2.26. The maximum absolute atomic E-state index is 11.8. The predicted octanol–water partition coefficient (Wildman–Crippen LogP) is 3.54. The lowest BCUT2D eigenvalue weighted by Gasteiger charge is -2.15. The zero-order valence-electron chi connectivity index (χ0n) is 11.5. The summed E-state index contributed by atoms with van der Waals surface area (Å²) in [7, 11) is 0. The number of carbonyl (C=O) groups excluding carboxylic acids is 1. The summed E-state index contributed by atoms with van der Waals surface area (Å²) in [6.07, 6.45) is 4.78. The van der Waals surface area contributed by atoms with Crippen LogP contribution in [-0.4, -0.2) is 12.5 Å². The zero-order chi connectivity index (χ0) is 14.1. The summed E-state index contributed by atoms with van der Waals surface area (Å²) in [5, 5.41) is 3.03. The molecule has 3 N–H and O–H groups in total. The summed E-state index contributed by atoms with van der Waals surface area (Å²) in [5.74, 6) is 0.121. The minimum absolute atomic E-state index is 0.0344. The summed E-state index contributed by atoms with van der Waals surface area (Å²) >= 11 is 3.50. The van der Waals surface area contributed by atoms with Gasteiger partial charge in [-0.25, -0.2) is 0 Å². The molecule has 19 heavy (non-hydrogen) atoms. The van der Waals surface area contributed by atoms with Crippen molar-refractivity contribution in [2.45, 2.75) is 45.1 Å². The summed E-state index contributed by atoms with van der Waals surface area (Å²) in [4.78, 5) is 11.8. The van der Waals surface area contributed by atoms with Crippen molar-refractivity contribution >= 4 is 21.8 Å². The van der Waals surface area contributed by atoms with Crippen LogP contribution in [0.2, 0.25) is 0 Å². The van der Waals surface area contributed by atoms with E-state index in [1.54, 1.807) is 0 Å². The molecule has 0 radical (unpaired) electrons. The Labute approximate surface area is 124 Å². The molecule has 0 bridgehead atoms. The number of unbranched alkanes of at least 4 members (excludes halogenated alkanes) is 3. The molecule has 3 nitrogen and oxygen atoms in total. The van der Waals surface area contributed by atoms with Crippen LogP contribution in [0.3, 0.4) is 0 Å². The normalized spacial score (nSPS) is 12.2. The van der Waals surface area contributed by atoms with Crippen LogP contribution in [0, 0.1) is 0 Å². The molecule has 0 aliphatic carbocycles. The highest BCUT2D eigenvalue weighted by Crippen LogP contribution is 2.22. The highest BCUT2D eigenvalue weighted by Gasteiger charge is 2.11. The number of amides is 1. The molecule has 0 aliphatic heterocycles. The SMILES string of the molecule is CC(NC(=O)CCCCCCN)c1ccccc1Br. The van der Waals surface area contributed by atoms with E-state index in [1.165, 1.54) is 0 Å². The quantitative estimate of drug-likeness (QED) is 0.718. The summed E-state index contributed by atoms with van der Waals surface area (Å²) < 4.78 is 1.03. The lowest BCUT2D eigenvalue weighted by atomic mass is 10.1. The van der Waals surface area contributed by atoms with Gasteiger partial charge in [-0.15, -0.1) is 0 Å². The van der Waals surface area contributed by atoms with Crippen molar-refractivity contribution in [3.8, 4) is 0 Å². The van der Waals surface area contributed by atoms with Gasteiger partial charge in [0.25, 0.3) is 0 Å². The first-order chi connectivity index (χ1) is 9.15. The fraction of sp³-hybridized carbons (Fsp3) is 0.533. The Morgan fingerprint density at radius 2 is 1.95 bits per heavy atom. The van der Waals surface area contributed by atoms with Crippen molar-refractivity contribution in [2.24, 2.45) is 5.73 Å². The monoisotopic (exact) mass is 326 g/mol. The number of rotatable bonds is 8. The van der Waals surface area contributed by atoms with Crippen LogP contribution in [0.5, 0.6) is 0 Å². The average Bonchev–Trinajstić information content (AvgIpc) is 2.39. The standard InChI is InChI=1S/C15H23BrN2O/c1-12(13-8-5-6-9-14(13)16)18-15(19)10-4-2-3-7-11-17/h5-6,8-9,12H,2-4,7,10-11,17H2,1H3,(H,18,19). The highest BCUT2D eigenvalue weighted by atomic mass is 79.9. The fourth-order valence-corrected chi connectivity index (χ4v) is 2.63. The van der Waals surface area contributed by atoms with E-state index in [0.29, 0.717) is 6.42 Å². The van der Waals surface area contributed by atoms with Gasteiger partial charge in [-0.1, -0.05) is 47.0 Å². The third-order valence-corrected chi connectivity index (χ3v) is 3.83. The second-order valence-corrected chi connectivity index (χ2v) is 5.62. The van der Waals surface area contributed by atoms with E-state index in [4.69, 9.17) is 5.73 Å². The average molecular weight is 327 g/mol. The van der Waals surface area contributed by atoms with E-state index in [2.05, 4.69) is 21.2 Å². The minimum atomic E-state index is 0.0344. The van der Waals surface area contributed by atoms with Crippen molar-refractivity contribution in [3.63, 3.8) is 0 Å². The maximum atomic E-state index is 11.8. The van der Waals surface area contributed by atoms with Crippen LogP contribution in [0.15, 0.2) is 28.7 Å². The van der Waals surface area contributed by atoms with E-state index >= 15 is 0 Å². The second-order valence-electron chi connectivity index (χ2n) is 4.76. The van der Waals surface area contributed by atoms with Gasteiger partial charge in [-0.2, -0.15) is 0 Å². The van der Waals surface area contributed by atoms with E-state index < -0.39 is 0 Å². The largest absolute Gasteiger partial charge is 0.350 e. The molecule has 1 amide bonds. The van der Waals surface area contributed by atoms with E-state index in [9.17, 15) is 4.79 Å². The van der Waals surface area contributed by atoms with Gasteiger partial charge in [0.05, 0.1) is 6.04 Å². The van der Waals surface area contributed by atoms with Crippen LogP contribution in [0.1, 0.15) is 50.6 Å². The Balaban J connectivity index is 2.30. The fourth-order valence-electron chi connectivity index (χ4n) is 2.00. The van der Waals surface area contributed by atoms with Crippen molar-refractivity contribution < 1.29 is 4.79 Å². The van der Waals surface area contributed by atoms with E-state index in [-0.39, 0.29) is 11.9 Å². The molecule has 1 aromatic carbocycles. The van der Waals surface area contributed by atoms with Gasteiger partial charge in [0.2, 0.25) is 5.91 Å². The van der Waals surface area contributed by atoms with Crippen molar-refractivity contribution in [3.05, 3.63) is 34.3 Å². The van der Waals surface area contributed by atoms with Gasteiger partial charge in [0, 0.05) is 10.9 Å². The number of nitrogens with one attached hydrogen (secondary N) is 1. The van der Waals surface area contributed by atoms with Crippen molar-refractivity contribution in [1.29, 1.82) is 0 Å². The van der Waals surface area contributed by atoms with Crippen LogP contribution in [0.25, 0.3) is 0 Å². The molecule has 106 valence electrons. The Morgan fingerprint density at radius 3 is 2.63 bits per heavy atom. The van der Waals surface area contributed by atoms with Crippen LogP contribution >= 0.6 is 15.9 Å². The minimum Gasteiger partial charge on any atom is -0.350 e. The molecular formula is C15H23BrN2O. The second kappa shape index (κ2) is 9.10. The Morgan fingerprint density at radius 1 is 1.26 bits per heavy atom. The molecule has 0 spiro atoms. The van der Waals surface area contributed by atoms with E-state index in [1.807, 2.05) is 31.2 Å². The molecule has 0 fully saturated rings. The van der Waals surface area contributed by atoms with Gasteiger partial charge < -0.3 is 11.1 Å². The molecule has 1 unspecified atom stereocenters. The molecule has 1 atom stereocenters. The first-order valence-corrected chi connectivity index (χ1v) is 7.68. The topological polar surface area (TPSA) is 55.1 Å².